The Morgan fingerprint density at radius 3 is 2.62 bits per heavy atom. The first-order valence-electron chi connectivity index (χ1n) is 7.52. The van der Waals surface area contributed by atoms with Crippen LogP contribution in [-0.4, -0.2) is 22.4 Å². The number of anilines is 1. The number of nitrogens with one attached hydrogen (secondary N) is 2. The van der Waals surface area contributed by atoms with Crippen molar-refractivity contribution in [3.05, 3.63) is 60.0 Å². The van der Waals surface area contributed by atoms with Crippen molar-refractivity contribution in [3.8, 4) is 17.1 Å². The van der Waals surface area contributed by atoms with Crippen LogP contribution in [0, 0.1) is 11.6 Å². The number of thiocarbonyl (C=S) groups is 1. The van der Waals surface area contributed by atoms with Gasteiger partial charge in [0.05, 0.1) is 13.7 Å². The molecule has 0 spiro atoms. The maximum absolute atomic E-state index is 13.2. The molecule has 134 valence electrons. The summed E-state index contributed by atoms with van der Waals surface area (Å²) in [4.78, 5) is 4.26. The second-order valence-corrected chi connectivity index (χ2v) is 5.59. The molecular weight excluding hydrogens is 362 g/mol. The fourth-order valence-corrected chi connectivity index (χ4v) is 2.28. The van der Waals surface area contributed by atoms with E-state index in [0.717, 1.165) is 23.4 Å². The number of methoxy groups -OCH3 is 1. The molecule has 2 N–H and O–H groups in total. The summed E-state index contributed by atoms with van der Waals surface area (Å²) in [6.45, 7) is 0.179. The molecule has 0 aliphatic rings. The van der Waals surface area contributed by atoms with E-state index < -0.39 is 11.6 Å². The van der Waals surface area contributed by atoms with E-state index in [4.69, 9.17) is 21.5 Å². The maximum Gasteiger partial charge on any atom is 0.246 e. The first kappa shape index (κ1) is 17.7. The van der Waals surface area contributed by atoms with Gasteiger partial charge in [-0.15, -0.1) is 0 Å². The lowest BCUT2D eigenvalue weighted by Crippen LogP contribution is -2.28. The van der Waals surface area contributed by atoms with Crippen molar-refractivity contribution in [2.45, 2.75) is 6.54 Å². The highest BCUT2D eigenvalue weighted by atomic mass is 32.1. The third kappa shape index (κ3) is 4.31. The number of ether oxygens (including phenoxy) is 1. The Kier molecular flexibility index (Phi) is 5.37. The van der Waals surface area contributed by atoms with Gasteiger partial charge in [0.1, 0.15) is 5.75 Å². The minimum Gasteiger partial charge on any atom is -0.497 e. The first-order valence-corrected chi connectivity index (χ1v) is 7.93. The third-order valence-corrected chi connectivity index (χ3v) is 3.64. The van der Waals surface area contributed by atoms with Gasteiger partial charge in [0.25, 0.3) is 0 Å². The SMILES string of the molecule is COc1ccc(-c2noc(CNC(=S)Nc3ccc(F)c(F)c3)n2)cc1. The highest BCUT2D eigenvalue weighted by Gasteiger charge is 2.10. The lowest BCUT2D eigenvalue weighted by atomic mass is 10.2. The molecule has 0 saturated heterocycles. The zero-order valence-electron chi connectivity index (χ0n) is 13.6. The minimum atomic E-state index is -0.959. The predicted octanol–water partition coefficient (Wildman–Crippen LogP) is 3.51. The molecule has 26 heavy (non-hydrogen) atoms. The zero-order valence-corrected chi connectivity index (χ0v) is 14.4. The van der Waals surface area contributed by atoms with E-state index in [1.165, 1.54) is 6.07 Å². The number of benzene rings is 2. The fourth-order valence-electron chi connectivity index (χ4n) is 2.09. The van der Waals surface area contributed by atoms with Gasteiger partial charge in [-0.1, -0.05) is 5.16 Å². The molecule has 3 aromatic rings. The van der Waals surface area contributed by atoms with Crippen molar-refractivity contribution >= 4 is 23.0 Å². The van der Waals surface area contributed by atoms with Gasteiger partial charge in [-0.3, -0.25) is 0 Å². The Balaban J connectivity index is 1.56. The molecule has 0 bridgehead atoms. The molecule has 0 aliphatic carbocycles. The minimum absolute atomic E-state index is 0.179. The van der Waals surface area contributed by atoms with Crippen molar-refractivity contribution in [3.63, 3.8) is 0 Å². The number of rotatable bonds is 5. The molecule has 0 saturated carbocycles. The van der Waals surface area contributed by atoms with Crippen LogP contribution >= 0.6 is 12.2 Å². The van der Waals surface area contributed by atoms with Crippen LogP contribution in [0.2, 0.25) is 0 Å². The van der Waals surface area contributed by atoms with Crippen molar-refractivity contribution in [2.24, 2.45) is 0 Å². The molecule has 9 heteroatoms. The van der Waals surface area contributed by atoms with E-state index >= 15 is 0 Å². The smallest absolute Gasteiger partial charge is 0.246 e. The first-order chi connectivity index (χ1) is 12.5. The number of halogens is 2. The second-order valence-electron chi connectivity index (χ2n) is 5.18. The van der Waals surface area contributed by atoms with Gasteiger partial charge in [-0.2, -0.15) is 4.98 Å². The van der Waals surface area contributed by atoms with Crippen LogP contribution in [0.5, 0.6) is 5.75 Å². The molecule has 0 aliphatic heterocycles. The average Bonchev–Trinajstić information content (AvgIpc) is 3.12. The molecule has 1 aromatic heterocycles. The summed E-state index contributed by atoms with van der Waals surface area (Å²) in [5.74, 6) is -0.396. The van der Waals surface area contributed by atoms with E-state index in [9.17, 15) is 8.78 Å². The third-order valence-electron chi connectivity index (χ3n) is 3.39. The Morgan fingerprint density at radius 2 is 1.92 bits per heavy atom. The summed E-state index contributed by atoms with van der Waals surface area (Å²) in [5, 5.41) is 9.71. The summed E-state index contributed by atoms with van der Waals surface area (Å²) in [5.41, 5.74) is 1.11. The Labute approximate surface area is 153 Å². The van der Waals surface area contributed by atoms with E-state index in [0.29, 0.717) is 17.4 Å². The Morgan fingerprint density at radius 1 is 1.15 bits per heavy atom. The summed E-state index contributed by atoms with van der Waals surface area (Å²) in [6, 6.07) is 10.6. The predicted molar refractivity (Wildman–Crippen MR) is 95.7 cm³/mol. The van der Waals surface area contributed by atoms with Gasteiger partial charge >= 0.3 is 0 Å². The van der Waals surface area contributed by atoms with Gasteiger partial charge in [0, 0.05) is 17.3 Å². The van der Waals surface area contributed by atoms with Crippen molar-refractivity contribution in [1.29, 1.82) is 0 Å². The van der Waals surface area contributed by atoms with Crippen LogP contribution in [-0.2, 0) is 6.54 Å². The fraction of sp³-hybridized carbons (Fsp3) is 0.118. The van der Waals surface area contributed by atoms with E-state index in [1.807, 2.05) is 12.1 Å². The number of nitrogens with zero attached hydrogens (tertiary/aromatic N) is 2. The number of hydrogen-bond donors (Lipinski definition) is 2. The van der Waals surface area contributed by atoms with Crippen LogP contribution < -0.4 is 15.4 Å². The van der Waals surface area contributed by atoms with Gasteiger partial charge < -0.3 is 19.9 Å². The Hall–Kier alpha value is -3.07. The van der Waals surface area contributed by atoms with Gasteiger partial charge in [0.2, 0.25) is 11.7 Å². The maximum atomic E-state index is 13.2. The number of hydrogen-bond acceptors (Lipinski definition) is 5. The molecular formula is C17H14F2N4O2S. The molecule has 6 nitrogen and oxygen atoms in total. The normalized spacial score (nSPS) is 10.4. The van der Waals surface area contributed by atoms with E-state index in [2.05, 4.69) is 20.8 Å². The highest BCUT2D eigenvalue weighted by Crippen LogP contribution is 2.19. The zero-order chi connectivity index (χ0) is 18.5. The highest BCUT2D eigenvalue weighted by molar-refractivity contribution is 7.80. The number of aromatic nitrogens is 2. The van der Waals surface area contributed by atoms with Crippen LogP contribution in [0.15, 0.2) is 47.0 Å². The summed E-state index contributed by atoms with van der Waals surface area (Å²) in [6.07, 6.45) is 0. The van der Waals surface area contributed by atoms with Crippen LogP contribution in [0.1, 0.15) is 5.89 Å². The van der Waals surface area contributed by atoms with Gasteiger partial charge in [0.15, 0.2) is 16.7 Å². The lowest BCUT2D eigenvalue weighted by molar-refractivity contribution is 0.376. The van der Waals surface area contributed by atoms with Crippen LogP contribution in [0.25, 0.3) is 11.4 Å². The van der Waals surface area contributed by atoms with Crippen LogP contribution in [0.3, 0.4) is 0 Å². The van der Waals surface area contributed by atoms with Crippen molar-refractivity contribution in [1.82, 2.24) is 15.5 Å². The largest absolute Gasteiger partial charge is 0.497 e. The topological polar surface area (TPSA) is 72.2 Å². The average molecular weight is 376 g/mol. The second kappa shape index (κ2) is 7.87. The molecule has 0 atom stereocenters. The standard InChI is InChI=1S/C17H14F2N4O2S/c1-24-12-5-2-10(3-6-12)16-22-15(25-23-16)9-20-17(26)21-11-4-7-13(18)14(19)8-11/h2-8H,9H2,1H3,(H2,20,21,26). The van der Waals surface area contributed by atoms with Gasteiger partial charge in [-0.25, -0.2) is 8.78 Å². The quantitative estimate of drug-likeness (QED) is 0.660. The molecule has 0 radical (unpaired) electrons. The monoisotopic (exact) mass is 376 g/mol. The molecule has 2 aromatic carbocycles. The molecule has 1 heterocycles. The summed E-state index contributed by atoms with van der Waals surface area (Å²) < 4.78 is 36.3. The molecule has 3 rings (SSSR count). The van der Waals surface area contributed by atoms with E-state index in [-0.39, 0.29) is 11.7 Å². The molecule has 0 unspecified atom stereocenters. The Bertz CT molecular complexity index is 915. The molecule has 0 amide bonds. The lowest BCUT2D eigenvalue weighted by Gasteiger charge is -2.08. The summed E-state index contributed by atoms with van der Waals surface area (Å²) >= 11 is 5.10. The summed E-state index contributed by atoms with van der Waals surface area (Å²) in [7, 11) is 1.59. The van der Waals surface area contributed by atoms with E-state index in [1.54, 1.807) is 19.2 Å². The van der Waals surface area contributed by atoms with Gasteiger partial charge in [-0.05, 0) is 48.6 Å². The molecule has 0 fully saturated rings. The van der Waals surface area contributed by atoms with Crippen LogP contribution in [0.4, 0.5) is 14.5 Å². The van der Waals surface area contributed by atoms with Crippen molar-refractivity contribution in [2.75, 3.05) is 12.4 Å². The van der Waals surface area contributed by atoms with Crippen molar-refractivity contribution < 1.29 is 18.0 Å².